The number of fused-ring (bicyclic) bond motifs is 1. The first-order valence-corrected chi connectivity index (χ1v) is 11.8. The highest BCUT2D eigenvalue weighted by atomic mass is 32.2. The molecule has 0 amide bonds. The quantitative estimate of drug-likeness (QED) is 0.234. The topological polar surface area (TPSA) is 63.1 Å². The van der Waals surface area contributed by atoms with Crippen LogP contribution in [0.1, 0.15) is 21.1 Å². The van der Waals surface area contributed by atoms with Crippen LogP contribution in [0.2, 0.25) is 0 Å². The lowest BCUT2D eigenvalue weighted by atomic mass is 10.1. The molecule has 4 nitrogen and oxygen atoms in total. The third-order valence-corrected chi connectivity index (χ3v) is 7.94. The number of hydrogen-bond acceptors (Lipinski definition) is 6. The molecule has 0 aliphatic rings. The van der Waals surface area contributed by atoms with E-state index in [9.17, 15) is 22.4 Å². The number of halogens is 4. The zero-order valence-electron chi connectivity index (χ0n) is 16.4. The van der Waals surface area contributed by atoms with Crippen molar-refractivity contribution in [1.82, 2.24) is 9.97 Å². The van der Waals surface area contributed by atoms with E-state index in [1.54, 1.807) is 6.92 Å². The van der Waals surface area contributed by atoms with Gasteiger partial charge in [0.1, 0.15) is 15.8 Å². The van der Waals surface area contributed by atoms with Gasteiger partial charge in [0.25, 0.3) is 0 Å². The molecular formula is C21H14F4N2O2S3. The molecule has 4 rings (SSSR count). The molecule has 0 radical (unpaired) electrons. The number of aromatic nitrogens is 2. The molecule has 0 unspecified atom stereocenters. The van der Waals surface area contributed by atoms with Gasteiger partial charge in [0.15, 0.2) is 0 Å². The van der Waals surface area contributed by atoms with Crippen molar-refractivity contribution in [3.05, 3.63) is 63.4 Å². The normalized spacial score (nSPS) is 11.9. The van der Waals surface area contributed by atoms with Gasteiger partial charge in [0.2, 0.25) is 0 Å². The predicted molar refractivity (Wildman–Crippen MR) is 118 cm³/mol. The number of thioether (sulfide) groups is 1. The Hall–Kier alpha value is -2.50. The monoisotopic (exact) mass is 498 g/mol. The maximum absolute atomic E-state index is 13.9. The van der Waals surface area contributed by atoms with Crippen molar-refractivity contribution in [3.63, 3.8) is 0 Å². The molecule has 0 aliphatic heterocycles. The zero-order valence-corrected chi connectivity index (χ0v) is 18.8. The zero-order chi connectivity index (χ0) is 23.0. The number of aliphatic carboxylic acids is 1. The number of hydrogen-bond donors (Lipinski definition) is 1. The van der Waals surface area contributed by atoms with Gasteiger partial charge in [0.05, 0.1) is 27.9 Å². The smallest absolute Gasteiger partial charge is 0.419 e. The molecule has 166 valence electrons. The minimum atomic E-state index is -4.74. The largest absolute Gasteiger partial charge is 0.481 e. The van der Waals surface area contributed by atoms with E-state index in [0.29, 0.717) is 21.3 Å². The Balaban J connectivity index is 1.50. The van der Waals surface area contributed by atoms with E-state index in [4.69, 9.17) is 5.11 Å². The van der Waals surface area contributed by atoms with Crippen LogP contribution >= 0.6 is 34.4 Å². The molecule has 0 fully saturated rings. The first-order chi connectivity index (χ1) is 15.1. The number of benzene rings is 2. The Morgan fingerprint density at radius 2 is 1.91 bits per heavy atom. The minimum Gasteiger partial charge on any atom is -0.481 e. The number of alkyl halides is 3. The standard InChI is InChI=1S/C21H14F4N2O2S3/c1-10-17(32-20(26-10)11-2-4-13(14(22)6-11)21(23,24)25)9-30-12-3-5-16-15(7-12)27-18(31-16)8-19(28)29/h2-7H,8-9H2,1H3,(H,28,29). The first kappa shape index (κ1) is 22.7. The van der Waals surface area contributed by atoms with Crippen LogP contribution in [0.15, 0.2) is 41.3 Å². The lowest BCUT2D eigenvalue weighted by Crippen LogP contribution is -2.07. The molecule has 32 heavy (non-hydrogen) atoms. The molecule has 0 bridgehead atoms. The SMILES string of the molecule is Cc1nc(-c2ccc(C(F)(F)F)c(F)c2)sc1CSc1ccc2sc(CC(=O)O)nc2c1. The summed E-state index contributed by atoms with van der Waals surface area (Å²) in [6.07, 6.45) is -4.86. The summed E-state index contributed by atoms with van der Waals surface area (Å²) in [6, 6.07) is 8.55. The van der Waals surface area contributed by atoms with Crippen molar-refractivity contribution in [3.8, 4) is 10.6 Å². The molecule has 1 N–H and O–H groups in total. The van der Waals surface area contributed by atoms with Crippen LogP contribution in [0.25, 0.3) is 20.8 Å². The lowest BCUT2D eigenvalue weighted by Gasteiger charge is -2.08. The van der Waals surface area contributed by atoms with Crippen LogP contribution in [-0.4, -0.2) is 21.0 Å². The lowest BCUT2D eigenvalue weighted by molar-refractivity contribution is -0.140. The second-order valence-corrected chi connectivity index (χ2v) is 10.1. The maximum Gasteiger partial charge on any atom is 0.419 e. The van der Waals surface area contributed by atoms with Gasteiger partial charge in [-0.25, -0.2) is 14.4 Å². The van der Waals surface area contributed by atoms with E-state index in [1.807, 2.05) is 18.2 Å². The van der Waals surface area contributed by atoms with E-state index in [1.165, 1.54) is 40.5 Å². The number of carboxylic acids is 1. The summed E-state index contributed by atoms with van der Waals surface area (Å²) in [6.45, 7) is 1.80. The Labute approximate surface area is 192 Å². The molecule has 0 atom stereocenters. The summed E-state index contributed by atoms with van der Waals surface area (Å²) in [5.74, 6) is -1.68. The summed E-state index contributed by atoms with van der Waals surface area (Å²) in [5.41, 5.74) is 0.471. The molecule has 2 heterocycles. The van der Waals surface area contributed by atoms with E-state index in [-0.39, 0.29) is 6.42 Å². The maximum atomic E-state index is 13.9. The summed E-state index contributed by atoms with van der Waals surface area (Å²) < 4.78 is 53.2. The van der Waals surface area contributed by atoms with Crippen molar-refractivity contribution in [2.45, 2.75) is 30.2 Å². The highest BCUT2D eigenvalue weighted by Gasteiger charge is 2.34. The summed E-state index contributed by atoms with van der Waals surface area (Å²) >= 11 is 4.19. The number of carboxylic acid groups (broad SMARTS) is 1. The van der Waals surface area contributed by atoms with Gasteiger partial charge in [0, 0.05) is 21.1 Å². The van der Waals surface area contributed by atoms with Crippen LogP contribution in [0.4, 0.5) is 17.6 Å². The van der Waals surface area contributed by atoms with Crippen LogP contribution in [-0.2, 0) is 23.1 Å². The fraction of sp³-hybridized carbons (Fsp3) is 0.190. The van der Waals surface area contributed by atoms with Gasteiger partial charge in [-0.3, -0.25) is 4.79 Å². The molecular weight excluding hydrogens is 484 g/mol. The average molecular weight is 499 g/mol. The third kappa shape index (κ3) is 4.94. The first-order valence-electron chi connectivity index (χ1n) is 9.17. The number of rotatable bonds is 6. The summed E-state index contributed by atoms with van der Waals surface area (Å²) in [7, 11) is 0. The molecule has 4 aromatic rings. The Morgan fingerprint density at radius 1 is 1.12 bits per heavy atom. The van der Waals surface area contributed by atoms with Crippen molar-refractivity contribution in [2.75, 3.05) is 0 Å². The molecule has 11 heteroatoms. The molecule has 0 spiro atoms. The fourth-order valence-corrected chi connectivity index (χ4v) is 6.03. The van der Waals surface area contributed by atoms with Crippen LogP contribution in [0.3, 0.4) is 0 Å². The number of aryl methyl sites for hydroxylation is 1. The average Bonchev–Trinajstić information content (AvgIpc) is 3.26. The summed E-state index contributed by atoms with van der Waals surface area (Å²) in [4.78, 5) is 21.5. The van der Waals surface area contributed by atoms with Crippen molar-refractivity contribution in [1.29, 1.82) is 0 Å². The van der Waals surface area contributed by atoms with E-state index >= 15 is 0 Å². The molecule has 2 aromatic heterocycles. The second-order valence-electron chi connectivity index (χ2n) is 6.82. The van der Waals surface area contributed by atoms with Gasteiger partial charge in [-0.05, 0) is 37.3 Å². The van der Waals surface area contributed by atoms with Crippen molar-refractivity contribution < 1.29 is 27.5 Å². The molecule has 0 aliphatic carbocycles. The highest BCUT2D eigenvalue weighted by Crippen LogP contribution is 2.37. The van der Waals surface area contributed by atoms with Gasteiger partial charge >= 0.3 is 12.1 Å². The van der Waals surface area contributed by atoms with Crippen molar-refractivity contribution >= 4 is 50.6 Å². The Morgan fingerprint density at radius 3 is 2.59 bits per heavy atom. The van der Waals surface area contributed by atoms with Gasteiger partial charge in [-0.2, -0.15) is 13.2 Å². The van der Waals surface area contributed by atoms with E-state index < -0.39 is 23.5 Å². The van der Waals surface area contributed by atoms with Crippen molar-refractivity contribution in [2.24, 2.45) is 0 Å². The fourth-order valence-electron chi connectivity index (χ4n) is 2.96. The summed E-state index contributed by atoms with van der Waals surface area (Å²) in [5, 5.41) is 9.92. The molecule has 0 saturated carbocycles. The second kappa shape index (κ2) is 8.80. The van der Waals surface area contributed by atoms with Crippen LogP contribution < -0.4 is 0 Å². The number of thiazole rings is 2. The third-order valence-electron chi connectivity index (χ3n) is 4.49. The minimum absolute atomic E-state index is 0.116. The highest BCUT2D eigenvalue weighted by molar-refractivity contribution is 7.98. The number of carbonyl (C=O) groups is 1. The predicted octanol–water partition coefficient (Wildman–Crippen LogP) is 6.81. The molecule has 0 saturated heterocycles. The van der Waals surface area contributed by atoms with E-state index in [2.05, 4.69) is 9.97 Å². The molecule has 2 aromatic carbocycles. The van der Waals surface area contributed by atoms with Gasteiger partial charge in [-0.1, -0.05) is 6.07 Å². The number of nitrogens with zero attached hydrogens (tertiary/aromatic N) is 2. The van der Waals surface area contributed by atoms with Crippen LogP contribution in [0.5, 0.6) is 0 Å². The Kier molecular flexibility index (Phi) is 6.24. The van der Waals surface area contributed by atoms with Gasteiger partial charge < -0.3 is 5.11 Å². The van der Waals surface area contributed by atoms with Crippen LogP contribution in [0, 0.1) is 12.7 Å². The van der Waals surface area contributed by atoms with E-state index in [0.717, 1.165) is 37.8 Å². The Bertz CT molecular complexity index is 1310. The van der Waals surface area contributed by atoms with Gasteiger partial charge in [-0.15, -0.1) is 34.4 Å².